The number of carbonyl (C=O) groups excluding carboxylic acids is 1. The van der Waals surface area contributed by atoms with Crippen LogP contribution in [0.15, 0.2) is 24.4 Å². The van der Waals surface area contributed by atoms with Crippen molar-refractivity contribution in [1.82, 2.24) is 9.88 Å². The Bertz CT molecular complexity index is 672. The molecule has 1 aromatic heterocycles. The third kappa shape index (κ3) is 2.75. The standard InChI is InChI=1S/C17H23N3O/c1-17(2)6-3-8-20(9-7-17)16(21)14-11-19-15-5-4-12(18)10-13(14)15/h4-5,10-11,19H,3,6-9,18H2,1-2H3. The van der Waals surface area contributed by atoms with E-state index in [0.717, 1.165) is 42.4 Å². The van der Waals surface area contributed by atoms with Crippen LogP contribution >= 0.6 is 0 Å². The summed E-state index contributed by atoms with van der Waals surface area (Å²) in [5, 5.41) is 0.920. The number of hydrogen-bond acceptors (Lipinski definition) is 2. The summed E-state index contributed by atoms with van der Waals surface area (Å²) in [5.41, 5.74) is 8.57. The molecule has 4 heteroatoms. The molecule has 21 heavy (non-hydrogen) atoms. The van der Waals surface area contributed by atoms with E-state index < -0.39 is 0 Å². The highest BCUT2D eigenvalue weighted by Gasteiger charge is 2.26. The van der Waals surface area contributed by atoms with Gasteiger partial charge in [0, 0.05) is 35.9 Å². The minimum Gasteiger partial charge on any atom is -0.399 e. The number of amides is 1. The second-order valence-electron chi connectivity index (χ2n) is 6.82. The lowest BCUT2D eigenvalue weighted by molar-refractivity contribution is 0.0759. The average molecular weight is 285 g/mol. The van der Waals surface area contributed by atoms with Crippen LogP contribution in [0, 0.1) is 5.41 Å². The summed E-state index contributed by atoms with van der Waals surface area (Å²) in [7, 11) is 0. The number of anilines is 1. The monoisotopic (exact) mass is 285 g/mol. The van der Waals surface area contributed by atoms with Crippen molar-refractivity contribution in [2.45, 2.75) is 33.1 Å². The average Bonchev–Trinajstić information content (AvgIpc) is 2.75. The van der Waals surface area contributed by atoms with Crippen molar-refractivity contribution < 1.29 is 4.79 Å². The molecule has 3 rings (SSSR count). The fraction of sp³-hybridized carbons (Fsp3) is 0.471. The number of carbonyl (C=O) groups is 1. The summed E-state index contributed by atoms with van der Waals surface area (Å²) in [4.78, 5) is 18.0. The SMILES string of the molecule is CC1(C)CCCN(C(=O)c2c[nH]c3ccc(N)cc23)CC1. The highest BCUT2D eigenvalue weighted by Crippen LogP contribution is 2.31. The fourth-order valence-electron chi connectivity index (χ4n) is 3.11. The second-order valence-corrected chi connectivity index (χ2v) is 6.82. The molecule has 3 N–H and O–H groups in total. The number of H-pyrrole nitrogens is 1. The molecule has 1 fully saturated rings. The lowest BCUT2D eigenvalue weighted by atomic mass is 9.85. The first-order valence-corrected chi connectivity index (χ1v) is 7.62. The highest BCUT2D eigenvalue weighted by atomic mass is 16.2. The molecular formula is C17H23N3O. The number of hydrogen-bond donors (Lipinski definition) is 2. The van der Waals surface area contributed by atoms with Gasteiger partial charge < -0.3 is 15.6 Å². The topological polar surface area (TPSA) is 62.1 Å². The molecule has 0 spiro atoms. The Morgan fingerprint density at radius 3 is 2.90 bits per heavy atom. The number of nitrogen functional groups attached to an aromatic ring is 1. The molecule has 2 aromatic rings. The van der Waals surface area contributed by atoms with Crippen molar-refractivity contribution >= 4 is 22.5 Å². The number of nitrogens with two attached hydrogens (primary N) is 1. The van der Waals surface area contributed by atoms with Gasteiger partial charge in [-0.25, -0.2) is 0 Å². The summed E-state index contributed by atoms with van der Waals surface area (Å²) >= 11 is 0. The maximum atomic E-state index is 12.8. The Kier molecular flexibility index (Phi) is 3.40. The van der Waals surface area contributed by atoms with Crippen LogP contribution in [0.1, 0.15) is 43.5 Å². The summed E-state index contributed by atoms with van der Waals surface area (Å²) < 4.78 is 0. The van der Waals surface area contributed by atoms with Crippen LogP contribution in [0.25, 0.3) is 10.9 Å². The fourth-order valence-corrected chi connectivity index (χ4v) is 3.11. The second kappa shape index (κ2) is 5.10. The Balaban J connectivity index is 1.88. The van der Waals surface area contributed by atoms with E-state index in [1.165, 1.54) is 6.42 Å². The number of fused-ring (bicyclic) bond motifs is 1. The normalized spacial score (nSPS) is 18.7. The molecule has 4 nitrogen and oxygen atoms in total. The largest absolute Gasteiger partial charge is 0.399 e. The zero-order valence-corrected chi connectivity index (χ0v) is 12.8. The predicted molar refractivity (Wildman–Crippen MR) is 86.2 cm³/mol. The smallest absolute Gasteiger partial charge is 0.256 e. The Morgan fingerprint density at radius 2 is 2.10 bits per heavy atom. The first-order valence-electron chi connectivity index (χ1n) is 7.62. The summed E-state index contributed by atoms with van der Waals surface area (Å²) in [6, 6.07) is 5.65. The van der Waals surface area contributed by atoms with Gasteiger partial charge in [0.05, 0.1) is 5.56 Å². The van der Waals surface area contributed by atoms with Gasteiger partial charge in [-0.05, 0) is 42.9 Å². The van der Waals surface area contributed by atoms with E-state index in [2.05, 4.69) is 18.8 Å². The van der Waals surface area contributed by atoms with Gasteiger partial charge in [-0.15, -0.1) is 0 Å². The van der Waals surface area contributed by atoms with Gasteiger partial charge in [0.15, 0.2) is 0 Å². The van der Waals surface area contributed by atoms with Crippen LogP contribution in [-0.4, -0.2) is 28.9 Å². The number of rotatable bonds is 1. The summed E-state index contributed by atoms with van der Waals surface area (Å²) in [6.07, 6.45) is 5.12. The zero-order chi connectivity index (χ0) is 15.0. The maximum Gasteiger partial charge on any atom is 0.256 e. The Hall–Kier alpha value is -1.97. The van der Waals surface area contributed by atoms with Crippen LogP contribution in [0.5, 0.6) is 0 Å². The van der Waals surface area contributed by atoms with Crippen LogP contribution < -0.4 is 5.73 Å². The van der Waals surface area contributed by atoms with Crippen LogP contribution in [-0.2, 0) is 0 Å². The molecule has 112 valence electrons. The first-order chi connectivity index (χ1) is 9.96. The van der Waals surface area contributed by atoms with Crippen molar-refractivity contribution in [3.8, 4) is 0 Å². The van der Waals surface area contributed by atoms with Crippen LogP contribution in [0.4, 0.5) is 5.69 Å². The van der Waals surface area contributed by atoms with Gasteiger partial charge in [-0.2, -0.15) is 0 Å². The van der Waals surface area contributed by atoms with Gasteiger partial charge >= 0.3 is 0 Å². The van der Waals surface area contributed by atoms with Gasteiger partial charge in [0.1, 0.15) is 0 Å². The number of nitrogens with zero attached hydrogens (tertiary/aromatic N) is 1. The number of benzene rings is 1. The number of aromatic nitrogens is 1. The van der Waals surface area contributed by atoms with E-state index in [1.807, 2.05) is 29.3 Å². The molecule has 0 saturated carbocycles. The summed E-state index contributed by atoms with van der Waals surface area (Å²) in [6.45, 7) is 6.25. The van der Waals surface area contributed by atoms with Crippen molar-refractivity contribution in [3.05, 3.63) is 30.0 Å². The van der Waals surface area contributed by atoms with E-state index in [9.17, 15) is 4.79 Å². The molecule has 0 radical (unpaired) electrons. The molecule has 1 amide bonds. The molecular weight excluding hydrogens is 262 g/mol. The van der Waals surface area contributed by atoms with Crippen molar-refractivity contribution in [3.63, 3.8) is 0 Å². The lowest BCUT2D eigenvalue weighted by Gasteiger charge is -2.23. The maximum absolute atomic E-state index is 12.8. The third-order valence-electron chi connectivity index (χ3n) is 4.56. The molecule has 2 heterocycles. The molecule has 1 aliphatic rings. The first kappa shape index (κ1) is 14.0. The van der Waals surface area contributed by atoms with Crippen LogP contribution in [0.3, 0.4) is 0 Å². The molecule has 1 aromatic carbocycles. The predicted octanol–water partition coefficient (Wildman–Crippen LogP) is 3.40. The van der Waals surface area contributed by atoms with E-state index in [0.29, 0.717) is 11.1 Å². The molecule has 0 aliphatic carbocycles. The molecule has 0 unspecified atom stereocenters. The highest BCUT2D eigenvalue weighted by molar-refractivity contribution is 6.07. The minimum absolute atomic E-state index is 0.115. The third-order valence-corrected chi connectivity index (χ3v) is 4.56. The zero-order valence-electron chi connectivity index (χ0n) is 12.8. The van der Waals surface area contributed by atoms with Crippen LogP contribution in [0.2, 0.25) is 0 Å². The Labute approximate surface area is 125 Å². The van der Waals surface area contributed by atoms with E-state index >= 15 is 0 Å². The van der Waals surface area contributed by atoms with Crippen molar-refractivity contribution in [2.75, 3.05) is 18.8 Å². The number of nitrogens with one attached hydrogen (secondary N) is 1. The lowest BCUT2D eigenvalue weighted by Crippen LogP contribution is -2.32. The summed E-state index contributed by atoms with van der Waals surface area (Å²) in [5.74, 6) is 0.115. The molecule has 0 bridgehead atoms. The molecule has 1 aliphatic heterocycles. The van der Waals surface area contributed by atoms with Crippen molar-refractivity contribution in [1.29, 1.82) is 0 Å². The van der Waals surface area contributed by atoms with Gasteiger partial charge in [0.25, 0.3) is 5.91 Å². The number of aromatic amines is 1. The van der Waals surface area contributed by atoms with E-state index in [4.69, 9.17) is 5.73 Å². The van der Waals surface area contributed by atoms with E-state index in [1.54, 1.807) is 0 Å². The van der Waals surface area contributed by atoms with Crippen molar-refractivity contribution in [2.24, 2.45) is 5.41 Å². The van der Waals surface area contributed by atoms with Gasteiger partial charge in [-0.1, -0.05) is 13.8 Å². The van der Waals surface area contributed by atoms with Gasteiger partial charge in [0.2, 0.25) is 0 Å². The number of likely N-dealkylation sites (tertiary alicyclic amines) is 1. The quantitative estimate of drug-likeness (QED) is 0.789. The molecule has 0 atom stereocenters. The molecule has 1 saturated heterocycles. The minimum atomic E-state index is 0.115. The van der Waals surface area contributed by atoms with E-state index in [-0.39, 0.29) is 5.91 Å². The van der Waals surface area contributed by atoms with Gasteiger partial charge in [-0.3, -0.25) is 4.79 Å². The Morgan fingerprint density at radius 1 is 1.29 bits per heavy atom.